The molecule has 7 heteroatoms. The molecule has 1 atom stereocenters. The minimum Gasteiger partial charge on any atom is -0.486 e. The van der Waals surface area contributed by atoms with Crippen molar-refractivity contribution in [3.63, 3.8) is 0 Å². The second-order valence-electron chi connectivity index (χ2n) is 8.10. The normalized spacial score (nSPS) is 17.5. The molecule has 160 valence electrons. The van der Waals surface area contributed by atoms with Crippen LogP contribution in [0.1, 0.15) is 17.4 Å². The van der Waals surface area contributed by atoms with Gasteiger partial charge in [-0.2, -0.15) is 0 Å². The minimum atomic E-state index is -0.562. The number of aryl methyl sites for hydroxylation is 1. The number of rotatable bonds is 4. The lowest BCUT2D eigenvalue weighted by Crippen LogP contribution is -2.47. The maximum atomic E-state index is 10.8. The van der Waals surface area contributed by atoms with Crippen LogP contribution in [-0.2, 0) is 0 Å². The maximum Gasteiger partial charge on any atom is 0.145 e. The number of benzene rings is 2. The van der Waals surface area contributed by atoms with Crippen LogP contribution >= 0.6 is 11.6 Å². The Morgan fingerprint density at radius 1 is 1.10 bits per heavy atom. The molecule has 2 aliphatic rings. The second-order valence-corrected chi connectivity index (χ2v) is 8.53. The summed E-state index contributed by atoms with van der Waals surface area (Å²) in [7, 11) is 0. The zero-order chi connectivity index (χ0) is 21.4. The van der Waals surface area contributed by atoms with Crippen molar-refractivity contribution in [1.29, 1.82) is 0 Å². The first-order chi connectivity index (χ1) is 15.1. The van der Waals surface area contributed by atoms with Gasteiger partial charge in [0.2, 0.25) is 0 Å². The van der Waals surface area contributed by atoms with Gasteiger partial charge in [0.25, 0.3) is 0 Å². The molecule has 6 nitrogen and oxygen atoms in total. The molecule has 0 bridgehead atoms. The van der Waals surface area contributed by atoms with Gasteiger partial charge in [-0.15, -0.1) is 0 Å². The topological polar surface area (TPSA) is 61.2 Å². The number of aliphatic hydroxyl groups excluding tert-OH is 1. The summed E-state index contributed by atoms with van der Waals surface area (Å²) in [5, 5.41) is 12.6. The van der Waals surface area contributed by atoms with Crippen LogP contribution in [0.25, 0.3) is 10.9 Å². The van der Waals surface area contributed by atoms with E-state index in [9.17, 15) is 5.11 Å². The molecule has 2 aromatic carbocycles. The Hall–Kier alpha value is -2.67. The summed E-state index contributed by atoms with van der Waals surface area (Å²) in [5.41, 5.74) is 4.69. The zero-order valence-corrected chi connectivity index (χ0v) is 18.2. The van der Waals surface area contributed by atoms with Gasteiger partial charge in [0.05, 0.1) is 11.6 Å². The third kappa shape index (κ3) is 4.24. The van der Waals surface area contributed by atoms with Crippen molar-refractivity contribution in [2.75, 3.05) is 44.2 Å². The van der Waals surface area contributed by atoms with Gasteiger partial charge < -0.3 is 14.7 Å². The Labute approximate surface area is 186 Å². The van der Waals surface area contributed by atoms with Gasteiger partial charge in [-0.1, -0.05) is 17.7 Å². The number of pyridine rings is 1. The number of ether oxygens (including phenoxy) is 1. The summed E-state index contributed by atoms with van der Waals surface area (Å²) in [6.45, 7) is 6.57. The number of nitrogens with zero attached hydrogens (tertiary/aromatic N) is 4. The van der Waals surface area contributed by atoms with Gasteiger partial charge in [0.15, 0.2) is 0 Å². The highest BCUT2D eigenvalue weighted by molar-refractivity contribution is 6.31. The Balaban J connectivity index is 1.26. The Bertz CT molecular complexity index is 1140. The molecule has 2 aliphatic heterocycles. The first-order valence-corrected chi connectivity index (χ1v) is 11.0. The van der Waals surface area contributed by atoms with Crippen molar-refractivity contribution in [2.45, 2.75) is 13.0 Å². The van der Waals surface area contributed by atoms with Crippen LogP contribution in [0.2, 0.25) is 5.02 Å². The van der Waals surface area contributed by atoms with E-state index in [0.717, 1.165) is 65.5 Å². The number of aromatic nitrogens is 1. The van der Waals surface area contributed by atoms with Crippen LogP contribution in [0.4, 0.5) is 11.4 Å². The van der Waals surface area contributed by atoms with E-state index in [-0.39, 0.29) is 0 Å². The largest absolute Gasteiger partial charge is 0.486 e. The number of aliphatic imine (C=N–C) groups is 1. The summed E-state index contributed by atoms with van der Waals surface area (Å²) in [6, 6.07) is 13.9. The molecule has 0 amide bonds. The zero-order valence-electron chi connectivity index (χ0n) is 17.5. The Kier molecular flexibility index (Phi) is 5.52. The van der Waals surface area contributed by atoms with Crippen molar-refractivity contribution in [2.24, 2.45) is 4.99 Å². The smallest absolute Gasteiger partial charge is 0.145 e. The third-order valence-corrected chi connectivity index (χ3v) is 6.16. The third-order valence-electron chi connectivity index (χ3n) is 5.94. The van der Waals surface area contributed by atoms with Crippen LogP contribution in [0, 0.1) is 6.92 Å². The van der Waals surface area contributed by atoms with Crippen molar-refractivity contribution in [1.82, 2.24) is 9.88 Å². The summed E-state index contributed by atoms with van der Waals surface area (Å²) < 4.78 is 5.55. The van der Waals surface area contributed by atoms with Crippen molar-refractivity contribution >= 4 is 40.1 Å². The van der Waals surface area contributed by atoms with E-state index < -0.39 is 6.10 Å². The summed E-state index contributed by atoms with van der Waals surface area (Å²) >= 11 is 6.38. The number of halogens is 1. The SMILES string of the molecule is Cc1ccc2c(N3CCN(CC(O)c4ccc5c(c4)N=CCO5)CC3)cc(Cl)cc2n1. The van der Waals surface area contributed by atoms with Crippen LogP contribution in [0.3, 0.4) is 0 Å². The van der Waals surface area contributed by atoms with Gasteiger partial charge in [-0.05, 0) is 48.9 Å². The fourth-order valence-electron chi connectivity index (χ4n) is 4.29. The molecule has 3 aromatic rings. The predicted molar refractivity (Wildman–Crippen MR) is 125 cm³/mol. The highest BCUT2D eigenvalue weighted by Crippen LogP contribution is 2.33. The summed E-state index contributed by atoms with van der Waals surface area (Å²) in [4.78, 5) is 13.7. The van der Waals surface area contributed by atoms with E-state index in [1.165, 1.54) is 0 Å². The van der Waals surface area contributed by atoms with E-state index in [1.807, 2.05) is 43.3 Å². The molecule has 1 fully saturated rings. The first-order valence-electron chi connectivity index (χ1n) is 10.6. The summed E-state index contributed by atoms with van der Waals surface area (Å²) in [5.74, 6) is 0.769. The van der Waals surface area contributed by atoms with Crippen LogP contribution in [0.15, 0.2) is 47.5 Å². The van der Waals surface area contributed by atoms with E-state index in [4.69, 9.17) is 16.3 Å². The lowest BCUT2D eigenvalue weighted by atomic mass is 10.1. The van der Waals surface area contributed by atoms with E-state index in [0.29, 0.717) is 18.2 Å². The van der Waals surface area contributed by atoms with Gasteiger partial charge in [0.1, 0.15) is 18.0 Å². The van der Waals surface area contributed by atoms with E-state index in [2.05, 4.69) is 25.8 Å². The molecule has 5 rings (SSSR count). The lowest BCUT2D eigenvalue weighted by Gasteiger charge is -2.37. The van der Waals surface area contributed by atoms with Crippen molar-refractivity contribution in [3.8, 4) is 5.75 Å². The van der Waals surface area contributed by atoms with Gasteiger partial charge >= 0.3 is 0 Å². The molecule has 1 unspecified atom stereocenters. The van der Waals surface area contributed by atoms with Crippen LogP contribution in [-0.4, -0.2) is 60.5 Å². The number of piperazine rings is 1. The number of hydrogen-bond acceptors (Lipinski definition) is 6. The van der Waals surface area contributed by atoms with Crippen LogP contribution in [0.5, 0.6) is 5.75 Å². The fraction of sp³-hybridized carbons (Fsp3) is 0.333. The molecule has 0 spiro atoms. The molecule has 0 aliphatic carbocycles. The molecular weight excluding hydrogens is 412 g/mol. The van der Waals surface area contributed by atoms with Crippen LogP contribution < -0.4 is 9.64 Å². The van der Waals surface area contributed by atoms with Crippen molar-refractivity contribution in [3.05, 3.63) is 58.7 Å². The number of anilines is 1. The molecule has 31 heavy (non-hydrogen) atoms. The molecule has 0 saturated carbocycles. The molecule has 0 radical (unpaired) electrons. The minimum absolute atomic E-state index is 0.497. The number of β-amino-alcohol motifs (C(OH)–C–C–N with tert-alkyl or cyclic N) is 1. The number of aliphatic hydroxyl groups is 1. The molecular formula is C24H25ClN4O2. The standard InChI is InChI=1S/C24H25ClN4O2/c1-16-2-4-19-20(27-16)13-18(25)14-22(19)29-9-7-28(8-10-29)15-23(30)17-3-5-24-21(12-17)26-6-11-31-24/h2-6,12-14,23,30H,7-11,15H2,1H3. The van der Waals surface area contributed by atoms with Gasteiger partial charge in [-0.3, -0.25) is 14.9 Å². The molecule has 1 aromatic heterocycles. The monoisotopic (exact) mass is 436 g/mol. The Morgan fingerprint density at radius 2 is 1.94 bits per heavy atom. The van der Waals surface area contributed by atoms with Gasteiger partial charge in [-0.25, -0.2) is 0 Å². The lowest BCUT2D eigenvalue weighted by molar-refractivity contribution is 0.109. The maximum absolute atomic E-state index is 10.8. The molecule has 1 N–H and O–H groups in total. The fourth-order valence-corrected chi connectivity index (χ4v) is 4.50. The second kappa shape index (κ2) is 8.46. The highest BCUT2D eigenvalue weighted by atomic mass is 35.5. The first kappa shape index (κ1) is 20.2. The van der Waals surface area contributed by atoms with Crippen molar-refractivity contribution < 1.29 is 9.84 Å². The van der Waals surface area contributed by atoms with Gasteiger partial charge in [0, 0.05) is 60.7 Å². The Morgan fingerprint density at radius 3 is 2.77 bits per heavy atom. The average molecular weight is 437 g/mol. The number of hydrogen-bond donors (Lipinski definition) is 1. The number of fused-ring (bicyclic) bond motifs is 2. The predicted octanol–water partition coefficient (Wildman–Crippen LogP) is 4.15. The quantitative estimate of drug-likeness (QED) is 0.665. The van der Waals surface area contributed by atoms with E-state index in [1.54, 1.807) is 6.21 Å². The summed E-state index contributed by atoms with van der Waals surface area (Å²) in [6.07, 6.45) is 1.18. The average Bonchev–Trinajstić information content (AvgIpc) is 2.78. The van der Waals surface area contributed by atoms with E-state index >= 15 is 0 Å². The molecule has 1 saturated heterocycles. The molecule has 3 heterocycles. The highest BCUT2D eigenvalue weighted by Gasteiger charge is 2.22.